The molecule has 0 fully saturated rings. The second-order valence-corrected chi connectivity index (χ2v) is 5.06. The molecular formula is C18H13FN2O3. The SMILES string of the molecule is COc1cc(C#N)c2nc(-c3ccc(OC)c(F)c3)cc(O)c2c1. The molecule has 1 N–H and O–H groups in total. The summed E-state index contributed by atoms with van der Waals surface area (Å²) in [6.07, 6.45) is 0. The van der Waals surface area contributed by atoms with E-state index >= 15 is 0 Å². The molecule has 0 saturated heterocycles. The molecule has 0 aliphatic heterocycles. The van der Waals surface area contributed by atoms with Crippen molar-refractivity contribution in [1.29, 1.82) is 5.26 Å². The summed E-state index contributed by atoms with van der Waals surface area (Å²) in [4.78, 5) is 4.40. The van der Waals surface area contributed by atoms with Crippen LogP contribution in [0.2, 0.25) is 0 Å². The lowest BCUT2D eigenvalue weighted by atomic mass is 10.1. The van der Waals surface area contributed by atoms with Gasteiger partial charge in [0.1, 0.15) is 17.6 Å². The Bertz CT molecular complexity index is 980. The predicted molar refractivity (Wildman–Crippen MR) is 86.6 cm³/mol. The summed E-state index contributed by atoms with van der Waals surface area (Å²) >= 11 is 0. The third-order valence-corrected chi connectivity index (χ3v) is 3.67. The Morgan fingerprint density at radius 3 is 2.54 bits per heavy atom. The number of hydrogen-bond donors (Lipinski definition) is 1. The van der Waals surface area contributed by atoms with Crippen LogP contribution in [-0.2, 0) is 0 Å². The number of aromatic nitrogens is 1. The van der Waals surface area contributed by atoms with Crippen LogP contribution >= 0.6 is 0 Å². The second-order valence-electron chi connectivity index (χ2n) is 5.06. The molecule has 0 radical (unpaired) electrons. The van der Waals surface area contributed by atoms with Crippen molar-refractivity contribution < 1.29 is 19.0 Å². The highest BCUT2D eigenvalue weighted by molar-refractivity contribution is 5.92. The lowest BCUT2D eigenvalue weighted by Gasteiger charge is -2.10. The normalized spacial score (nSPS) is 10.4. The van der Waals surface area contributed by atoms with Crippen LogP contribution in [0.4, 0.5) is 4.39 Å². The molecule has 0 bridgehead atoms. The first-order valence-electron chi connectivity index (χ1n) is 7.03. The molecule has 6 heteroatoms. The monoisotopic (exact) mass is 324 g/mol. The maximum atomic E-state index is 13.9. The fraction of sp³-hybridized carbons (Fsp3) is 0.111. The van der Waals surface area contributed by atoms with Gasteiger partial charge in [-0.25, -0.2) is 9.37 Å². The van der Waals surface area contributed by atoms with Crippen LogP contribution in [0.1, 0.15) is 5.56 Å². The Morgan fingerprint density at radius 1 is 1.12 bits per heavy atom. The average molecular weight is 324 g/mol. The molecule has 1 heterocycles. The third-order valence-electron chi connectivity index (χ3n) is 3.67. The Balaban J connectivity index is 2.24. The summed E-state index contributed by atoms with van der Waals surface area (Å²) in [5.41, 5.74) is 1.40. The minimum absolute atomic E-state index is 0.0679. The van der Waals surface area contributed by atoms with E-state index in [1.807, 2.05) is 6.07 Å². The zero-order valence-corrected chi connectivity index (χ0v) is 13.0. The zero-order chi connectivity index (χ0) is 17.3. The van der Waals surface area contributed by atoms with E-state index in [0.29, 0.717) is 27.9 Å². The van der Waals surface area contributed by atoms with Crippen LogP contribution in [0, 0.1) is 17.1 Å². The van der Waals surface area contributed by atoms with E-state index in [1.165, 1.54) is 38.5 Å². The molecule has 1 aromatic heterocycles. The molecule has 3 rings (SSSR count). The fourth-order valence-corrected chi connectivity index (χ4v) is 2.46. The number of fused-ring (bicyclic) bond motifs is 1. The smallest absolute Gasteiger partial charge is 0.165 e. The summed E-state index contributed by atoms with van der Waals surface area (Å²) < 4.78 is 23.9. The van der Waals surface area contributed by atoms with Gasteiger partial charge in [0.15, 0.2) is 11.6 Å². The molecule has 3 aromatic rings. The van der Waals surface area contributed by atoms with Crippen molar-refractivity contribution in [1.82, 2.24) is 4.98 Å². The van der Waals surface area contributed by atoms with Gasteiger partial charge >= 0.3 is 0 Å². The molecule has 24 heavy (non-hydrogen) atoms. The van der Waals surface area contributed by atoms with Gasteiger partial charge in [-0.05, 0) is 24.3 Å². The minimum atomic E-state index is -0.536. The largest absolute Gasteiger partial charge is 0.507 e. The van der Waals surface area contributed by atoms with Crippen molar-refractivity contribution in [2.45, 2.75) is 0 Å². The summed E-state index contributed by atoms with van der Waals surface area (Å²) in [5, 5.41) is 20.0. The Morgan fingerprint density at radius 2 is 1.92 bits per heavy atom. The first kappa shape index (κ1) is 15.6. The van der Waals surface area contributed by atoms with Gasteiger partial charge in [0.25, 0.3) is 0 Å². The molecule has 0 spiro atoms. The van der Waals surface area contributed by atoms with Crippen LogP contribution < -0.4 is 9.47 Å². The van der Waals surface area contributed by atoms with Crippen molar-refractivity contribution in [3.63, 3.8) is 0 Å². The van der Waals surface area contributed by atoms with Gasteiger partial charge in [-0.1, -0.05) is 0 Å². The first-order valence-corrected chi connectivity index (χ1v) is 7.03. The third kappa shape index (κ3) is 2.57. The maximum Gasteiger partial charge on any atom is 0.165 e. The van der Waals surface area contributed by atoms with E-state index in [1.54, 1.807) is 12.1 Å². The highest BCUT2D eigenvalue weighted by atomic mass is 19.1. The predicted octanol–water partition coefficient (Wildman–Crippen LogP) is 3.64. The van der Waals surface area contributed by atoms with E-state index in [2.05, 4.69) is 4.98 Å². The molecule has 5 nitrogen and oxygen atoms in total. The molecule has 2 aromatic carbocycles. The summed E-state index contributed by atoms with van der Waals surface area (Å²) in [5.74, 6) is -0.0427. The van der Waals surface area contributed by atoms with Crippen LogP contribution in [0.25, 0.3) is 22.2 Å². The summed E-state index contributed by atoms with van der Waals surface area (Å²) in [6.45, 7) is 0. The van der Waals surface area contributed by atoms with Gasteiger partial charge in [0.05, 0.1) is 31.0 Å². The number of nitriles is 1. The van der Waals surface area contributed by atoms with E-state index in [4.69, 9.17) is 9.47 Å². The van der Waals surface area contributed by atoms with Gasteiger partial charge < -0.3 is 14.6 Å². The molecule has 120 valence electrons. The van der Waals surface area contributed by atoms with E-state index < -0.39 is 5.82 Å². The highest BCUT2D eigenvalue weighted by Gasteiger charge is 2.14. The number of benzene rings is 2. The van der Waals surface area contributed by atoms with Gasteiger partial charge in [0, 0.05) is 23.1 Å². The topological polar surface area (TPSA) is 75.4 Å². The van der Waals surface area contributed by atoms with Crippen LogP contribution in [0.3, 0.4) is 0 Å². The highest BCUT2D eigenvalue weighted by Crippen LogP contribution is 2.34. The number of pyridine rings is 1. The van der Waals surface area contributed by atoms with Crippen LogP contribution in [0.5, 0.6) is 17.2 Å². The van der Waals surface area contributed by atoms with Crippen molar-refractivity contribution in [2.75, 3.05) is 14.2 Å². The lowest BCUT2D eigenvalue weighted by Crippen LogP contribution is -1.93. The van der Waals surface area contributed by atoms with E-state index in [9.17, 15) is 14.8 Å². The van der Waals surface area contributed by atoms with Gasteiger partial charge in [-0.15, -0.1) is 0 Å². The van der Waals surface area contributed by atoms with Crippen molar-refractivity contribution in [2.24, 2.45) is 0 Å². The van der Waals surface area contributed by atoms with Gasteiger partial charge in [0.2, 0.25) is 0 Å². The number of rotatable bonds is 3. The standard InChI is InChI=1S/C18H13FN2O3/c1-23-12-5-11(9-20)18-13(7-12)16(22)8-15(21-18)10-3-4-17(24-2)14(19)6-10/h3-8H,1-2H3,(H,21,22). The van der Waals surface area contributed by atoms with E-state index in [0.717, 1.165) is 0 Å². The average Bonchev–Trinajstić information content (AvgIpc) is 2.60. The minimum Gasteiger partial charge on any atom is -0.507 e. The summed E-state index contributed by atoms with van der Waals surface area (Å²) in [7, 11) is 2.85. The molecule has 0 atom stereocenters. The number of ether oxygens (including phenoxy) is 2. The molecule has 0 aliphatic carbocycles. The maximum absolute atomic E-state index is 13.9. The molecule has 0 unspecified atom stereocenters. The Kier molecular flexibility index (Phi) is 3.92. The van der Waals surface area contributed by atoms with Gasteiger partial charge in [-0.2, -0.15) is 5.26 Å². The van der Waals surface area contributed by atoms with Crippen molar-refractivity contribution in [3.05, 3.63) is 47.8 Å². The fourth-order valence-electron chi connectivity index (χ4n) is 2.46. The quantitative estimate of drug-likeness (QED) is 0.796. The van der Waals surface area contributed by atoms with Crippen molar-refractivity contribution in [3.8, 4) is 34.6 Å². The molecular weight excluding hydrogens is 311 g/mol. The molecule has 0 saturated carbocycles. The van der Waals surface area contributed by atoms with Crippen LogP contribution in [0.15, 0.2) is 36.4 Å². The Labute approximate surface area is 137 Å². The molecule has 0 amide bonds. The van der Waals surface area contributed by atoms with E-state index in [-0.39, 0.29) is 17.1 Å². The van der Waals surface area contributed by atoms with Gasteiger partial charge in [-0.3, -0.25) is 0 Å². The number of aromatic hydroxyl groups is 1. The number of methoxy groups -OCH3 is 2. The van der Waals surface area contributed by atoms with Crippen molar-refractivity contribution >= 4 is 10.9 Å². The number of halogens is 1. The number of hydrogen-bond acceptors (Lipinski definition) is 5. The first-order chi connectivity index (χ1) is 11.6. The number of nitrogens with zero attached hydrogens (tertiary/aromatic N) is 2. The van der Waals surface area contributed by atoms with Crippen LogP contribution in [-0.4, -0.2) is 24.3 Å². The second kappa shape index (κ2) is 6.05. The summed E-state index contributed by atoms with van der Waals surface area (Å²) in [6, 6.07) is 11.0. The zero-order valence-electron chi connectivity index (χ0n) is 13.0. The lowest BCUT2D eigenvalue weighted by molar-refractivity contribution is 0.386. The Hall–Kier alpha value is -3.33. The molecule has 0 aliphatic rings.